The Bertz CT molecular complexity index is 1090. The zero-order valence-electron chi connectivity index (χ0n) is 17.4. The number of carboxylic acid groups (broad SMARTS) is 1. The van der Waals surface area contributed by atoms with Crippen molar-refractivity contribution in [3.8, 4) is 5.75 Å². The van der Waals surface area contributed by atoms with E-state index in [9.17, 15) is 4.79 Å². The molecule has 1 N–H and O–H groups in total. The Morgan fingerprint density at radius 2 is 2.07 bits per heavy atom. The second kappa shape index (κ2) is 10.7. The normalized spacial score (nSPS) is 11.6. The molecule has 3 aromatic rings. The van der Waals surface area contributed by atoms with Gasteiger partial charge in [-0.15, -0.1) is 0 Å². The molecule has 0 aliphatic heterocycles. The first kappa shape index (κ1) is 22.6. The Labute approximate surface area is 175 Å². The molecule has 0 aliphatic carbocycles. The summed E-state index contributed by atoms with van der Waals surface area (Å²) in [4.78, 5) is 16.6. The minimum Gasteiger partial charge on any atom is -0.497 e. The van der Waals surface area contributed by atoms with Crippen molar-refractivity contribution in [3.05, 3.63) is 58.9 Å². The molecule has 0 fully saturated rings. The Morgan fingerprint density at radius 1 is 1.31 bits per heavy atom. The van der Waals surface area contributed by atoms with Crippen molar-refractivity contribution in [2.45, 2.75) is 40.0 Å². The van der Waals surface area contributed by atoms with Crippen LogP contribution in [0.4, 0.5) is 0 Å². The molecule has 0 unspecified atom stereocenters. The molecule has 2 heterocycles. The van der Waals surface area contributed by atoms with Crippen molar-refractivity contribution < 1.29 is 14.6 Å². The summed E-state index contributed by atoms with van der Waals surface area (Å²) >= 11 is 1.60. The quantitative estimate of drug-likeness (QED) is 0.630. The molecule has 0 atom stereocenters. The molecule has 6 heteroatoms. The second-order valence-electron chi connectivity index (χ2n) is 6.14. The van der Waals surface area contributed by atoms with Gasteiger partial charge in [0.2, 0.25) is 0 Å². The number of carboxylic acids is 1. The molecule has 0 spiro atoms. The van der Waals surface area contributed by atoms with Crippen LogP contribution >= 0.6 is 11.9 Å². The highest BCUT2D eigenvalue weighted by molar-refractivity contribution is 8.06. The van der Waals surface area contributed by atoms with Gasteiger partial charge in [0, 0.05) is 29.1 Å². The number of carbonyl (C=O) groups is 1. The summed E-state index contributed by atoms with van der Waals surface area (Å²) in [6, 6.07) is 9.71. The Morgan fingerprint density at radius 3 is 2.69 bits per heavy atom. The fourth-order valence-electron chi connectivity index (χ4n) is 2.97. The summed E-state index contributed by atoms with van der Waals surface area (Å²) in [6.45, 7) is 10.2. The maximum atomic E-state index is 11.0. The highest BCUT2D eigenvalue weighted by Gasteiger charge is 2.13. The van der Waals surface area contributed by atoms with Crippen LogP contribution in [-0.4, -0.2) is 27.1 Å². The third-order valence-electron chi connectivity index (χ3n) is 4.35. The first-order valence-corrected chi connectivity index (χ1v) is 10.5. The van der Waals surface area contributed by atoms with Gasteiger partial charge in [-0.05, 0) is 59.8 Å². The molecular weight excluding hydrogens is 384 g/mol. The van der Waals surface area contributed by atoms with E-state index in [1.807, 2.05) is 50.4 Å². The average Bonchev–Trinajstić information content (AvgIpc) is 3.09. The SMILES string of the molecule is C=c1cccn/c1=C(/CC)Sn1cc(CCC(=O)O)c2cc(OC)ccc21.CC. The number of fused-ring (bicyclic) bond motifs is 1. The molecule has 0 radical (unpaired) electrons. The number of benzene rings is 1. The topological polar surface area (TPSA) is 64.4 Å². The number of aryl methyl sites for hydroxylation is 1. The van der Waals surface area contributed by atoms with Gasteiger partial charge < -0.3 is 9.84 Å². The van der Waals surface area contributed by atoms with Crippen LogP contribution in [-0.2, 0) is 11.2 Å². The zero-order chi connectivity index (χ0) is 21.4. The average molecular weight is 413 g/mol. The van der Waals surface area contributed by atoms with Gasteiger partial charge in [-0.1, -0.05) is 33.4 Å². The van der Waals surface area contributed by atoms with Crippen LogP contribution < -0.4 is 15.3 Å². The highest BCUT2D eigenvalue weighted by atomic mass is 32.2. The number of aliphatic carboxylic acids is 1. The van der Waals surface area contributed by atoms with Crippen molar-refractivity contribution in [3.63, 3.8) is 0 Å². The van der Waals surface area contributed by atoms with Crippen molar-refractivity contribution in [1.82, 2.24) is 8.96 Å². The van der Waals surface area contributed by atoms with Crippen molar-refractivity contribution in [1.29, 1.82) is 0 Å². The molecular formula is C23H28N2O3S. The molecule has 29 heavy (non-hydrogen) atoms. The smallest absolute Gasteiger partial charge is 0.303 e. The van der Waals surface area contributed by atoms with E-state index < -0.39 is 5.97 Å². The minimum atomic E-state index is -0.803. The largest absolute Gasteiger partial charge is 0.497 e. The molecule has 0 bridgehead atoms. The van der Waals surface area contributed by atoms with E-state index in [1.54, 1.807) is 25.3 Å². The number of aromatic nitrogens is 2. The summed E-state index contributed by atoms with van der Waals surface area (Å²) in [5.74, 6) is -0.0475. The number of nitrogens with zero attached hydrogens (tertiary/aromatic N) is 2. The maximum absolute atomic E-state index is 11.0. The molecule has 1 aromatic carbocycles. The number of methoxy groups -OCH3 is 1. The number of ether oxygens (including phenoxy) is 1. The molecule has 0 saturated carbocycles. The molecule has 0 aliphatic rings. The Kier molecular flexibility index (Phi) is 8.34. The number of pyridine rings is 1. The van der Waals surface area contributed by atoms with E-state index in [1.165, 1.54) is 0 Å². The van der Waals surface area contributed by atoms with E-state index in [0.29, 0.717) is 6.42 Å². The van der Waals surface area contributed by atoms with Gasteiger partial charge in [0.15, 0.2) is 0 Å². The Balaban J connectivity index is 0.00000145. The van der Waals surface area contributed by atoms with Crippen LogP contribution in [0.5, 0.6) is 5.75 Å². The molecule has 3 rings (SSSR count). The van der Waals surface area contributed by atoms with E-state index in [2.05, 4.69) is 22.5 Å². The van der Waals surface area contributed by atoms with Crippen LogP contribution in [0.2, 0.25) is 0 Å². The van der Waals surface area contributed by atoms with Crippen molar-refractivity contribution in [2.75, 3.05) is 7.11 Å². The van der Waals surface area contributed by atoms with E-state index in [-0.39, 0.29) is 6.42 Å². The molecule has 5 nitrogen and oxygen atoms in total. The molecule has 0 saturated heterocycles. The van der Waals surface area contributed by atoms with Crippen molar-refractivity contribution >= 4 is 40.3 Å². The number of hydrogen-bond acceptors (Lipinski definition) is 4. The first-order chi connectivity index (χ1) is 14.0. The predicted octanol–water partition coefficient (Wildman–Crippen LogP) is 4.21. The van der Waals surface area contributed by atoms with E-state index in [0.717, 1.165) is 44.1 Å². The van der Waals surface area contributed by atoms with Gasteiger partial charge in [0.1, 0.15) is 5.75 Å². The van der Waals surface area contributed by atoms with Gasteiger partial charge in [-0.25, -0.2) is 0 Å². The highest BCUT2D eigenvalue weighted by Crippen LogP contribution is 2.33. The van der Waals surface area contributed by atoms with Crippen LogP contribution in [0.3, 0.4) is 0 Å². The van der Waals surface area contributed by atoms with Gasteiger partial charge in [0.05, 0.1) is 18.0 Å². The number of rotatable bonds is 7. The summed E-state index contributed by atoms with van der Waals surface area (Å²) in [5.41, 5.74) is 2.01. The first-order valence-electron chi connectivity index (χ1n) is 9.74. The lowest BCUT2D eigenvalue weighted by Crippen LogP contribution is -2.28. The van der Waals surface area contributed by atoms with Crippen molar-refractivity contribution in [2.24, 2.45) is 0 Å². The van der Waals surface area contributed by atoms with Gasteiger partial charge >= 0.3 is 5.97 Å². The van der Waals surface area contributed by atoms with E-state index >= 15 is 0 Å². The lowest BCUT2D eigenvalue weighted by Gasteiger charge is -2.07. The second-order valence-corrected chi connectivity index (χ2v) is 7.20. The summed E-state index contributed by atoms with van der Waals surface area (Å²) < 4.78 is 7.43. The third-order valence-corrected chi connectivity index (χ3v) is 5.55. The van der Waals surface area contributed by atoms with Gasteiger partial charge in [0.25, 0.3) is 0 Å². The standard InChI is InChI=1S/C21H22N2O3S.C2H6/c1-4-19(21-14(2)6-5-11-22-21)27-23-13-15(7-10-20(24)25)17-12-16(26-3)8-9-18(17)23;1-2/h5-6,8-9,11-13H,2,4,7,10H2,1,3H3,(H,24,25);1-2H3/b21-19-;. The third kappa shape index (κ3) is 5.41. The Hall–Kier alpha value is -2.73. The predicted molar refractivity (Wildman–Crippen MR) is 121 cm³/mol. The zero-order valence-corrected chi connectivity index (χ0v) is 18.3. The van der Waals surface area contributed by atoms with Crippen LogP contribution in [0.1, 0.15) is 39.2 Å². The molecule has 154 valence electrons. The minimum absolute atomic E-state index is 0.0919. The summed E-state index contributed by atoms with van der Waals surface area (Å²) in [5, 5.41) is 11.9. The lowest BCUT2D eigenvalue weighted by molar-refractivity contribution is -0.136. The van der Waals surface area contributed by atoms with Gasteiger partial charge in [-0.2, -0.15) is 0 Å². The fourth-order valence-corrected chi connectivity index (χ4v) is 4.05. The van der Waals surface area contributed by atoms with E-state index in [4.69, 9.17) is 9.84 Å². The fraction of sp³-hybridized carbons (Fsp3) is 0.304. The van der Waals surface area contributed by atoms with Gasteiger partial charge in [-0.3, -0.25) is 13.8 Å². The molecule has 0 amide bonds. The summed E-state index contributed by atoms with van der Waals surface area (Å²) in [7, 11) is 1.63. The van der Waals surface area contributed by atoms with Crippen LogP contribution in [0, 0.1) is 0 Å². The molecule has 2 aromatic heterocycles. The maximum Gasteiger partial charge on any atom is 0.303 e. The monoisotopic (exact) mass is 412 g/mol. The van der Waals surface area contributed by atoms with Crippen LogP contribution in [0.25, 0.3) is 22.4 Å². The lowest BCUT2D eigenvalue weighted by atomic mass is 10.1. The summed E-state index contributed by atoms with van der Waals surface area (Å²) in [6.07, 6.45) is 5.17. The van der Waals surface area contributed by atoms with Crippen LogP contribution in [0.15, 0.2) is 42.7 Å². The number of hydrogen-bond donors (Lipinski definition) is 1.